The fourth-order valence-electron chi connectivity index (χ4n) is 1.20. The summed E-state index contributed by atoms with van der Waals surface area (Å²) in [4.78, 5) is 5.07. The predicted octanol–water partition coefficient (Wildman–Crippen LogP) is 2.90. The lowest BCUT2D eigenvalue weighted by atomic mass is 10.0. The van der Waals surface area contributed by atoms with E-state index in [1.165, 1.54) is 24.8 Å². The SMILES string of the molecule is CC(C)ON=CC1=CCCCC1. The van der Waals surface area contributed by atoms with Crippen LogP contribution in [0, 0.1) is 0 Å². The third-order valence-electron chi connectivity index (χ3n) is 1.82. The summed E-state index contributed by atoms with van der Waals surface area (Å²) in [6, 6.07) is 0. The van der Waals surface area contributed by atoms with Crippen molar-refractivity contribution in [1.29, 1.82) is 0 Å². The zero-order valence-corrected chi connectivity index (χ0v) is 7.92. The Bertz CT molecular complexity index is 182. The van der Waals surface area contributed by atoms with E-state index >= 15 is 0 Å². The molecule has 0 aromatic rings. The molecule has 0 amide bonds. The van der Waals surface area contributed by atoms with Crippen LogP contribution in [-0.2, 0) is 4.84 Å². The van der Waals surface area contributed by atoms with Crippen molar-refractivity contribution in [2.45, 2.75) is 45.6 Å². The summed E-state index contributed by atoms with van der Waals surface area (Å²) in [6.07, 6.45) is 9.25. The highest BCUT2D eigenvalue weighted by Crippen LogP contribution is 2.15. The summed E-state index contributed by atoms with van der Waals surface area (Å²) in [5.74, 6) is 0. The molecule has 0 aromatic carbocycles. The van der Waals surface area contributed by atoms with Gasteiger partial charge in [0.25, 0.3) is 0 Å². The van der Waals surface area contributed by atoms with E-state index in [1.807, 2.05) is 20.1 Å². The second-order valence-electron chi connectivity index (χ2n) is 3.41. The molecule has 0 radical (unpaired) electrons. The standard InChI is InChI=1S/C10H17NO/c1-9(2)12-11-8-10-6-4-3-5-7-10/h6,8-9H,3-5,7H2,1-2H3. The van der Waals surface area contributed by atoms with Crippen molar-refractivity contribution < 1.29 is 4.84 Å². The topological polar surface area (TPSA) is 21.6 Å². The first-order valence-electron chi connectivity index (χ1n) is 4.67. The van der Waals surface area contributed by atoms with Crippen LogP contribution in [0.1, 0.15) is 39.5 Å². The molecule has 68 valence electrons. The van der Waals surface area contributed by atoms with Crippen molar-refractivity contribution in [3.63, 3.8) is 0 Å². The average Bonchev–Trinajstić information content (AvgIpc) is 2.05. The van der Waals surface area contributed by atoms with Crippen LogP contribution in [0.5, 0.6) is 0 Å². The summed E-state index contributed by atoms with van der Waals surface area (Å²) >= 11 is 0. The first kappa shape index (κ1) is 9.30. The molecule has 0 aliphatic heterocycles. The minimum Gasteiger partial charge on any atom is -0.393 e. The van der Waals surface area contributed by atoms with E-state index in [0.717, 1.165) is 6.42 Å². The number of allylic oxidation sites excluding steroid dienone is 2. The van der Waals surface area contributed by atoms with Crippen LogP contribution in [-0.4, -0.2) is 12.3 Å². The zero-order chi connectivity index (χ0) is 8.81. The molecular formula is C10H17NO. The van der Waals surface area contributed by atoms with E-state index in [2.05, 4.69) is 11.2 Å². The van der Waals surface area contributed by atoms with Gasteiger partial charge in [-0.2, -0.15) is 0 Å². The smallest absolute Gasteiger partial charge is 0.122 e. The summed E-state index contributed by atoms with van der Waals surface area (Å²) in [5, 5.41) is 3.90. The third-order valence-corrected chi connectivity index (χ3v) is 1.82. The lowest BCUT2D eigenvalue weighted by Gasteiger charge is -2.07. The molecule has 2 heteroatoms. The van der Waals surface area contributed by atoms with E-state index < -0.39 is 0 Å². The van der Waals surface area contributed by atoms with Gasteiger partial charge in [0.05, 0.1) is 6.21 Å². The molecular weight excluding hydrogens is 150 g/mol. The maximum Gasteiger partial charge on any atom is 0.122 e. The van der Waals surface area contributed by atoms with Gasteiger partial charge in [0.15, 0.2) is 0 Å². The third kappa shape index (κ3) is 3.56. The minimum absolute atomic E-state index is 0.186. The molecule has 0 atom stereocenters. The molecule has 0 spiro atoms. The second kappa shape index (κ2) is 4.96. The molecule has 0 aromatic heterocycles. The first-order chi connectivity index (χ1) is 5.79. The van der Waals surface area contributed by atoms with Gasteiger partial charge in [-0.05, 0) is 45.1 Å². The van der Waals surface area contributed by atoms with Gasteiger partial charge in [-0.1, -0.05) is 11.2 Å². The Morgan fingerprint density at radius 1 is 1.50 bits per heavy atom. The van der Waals surface area contributed by atoms with Gasteiger partial charge < -0.3 is 4.84 Å². The molecule has 1 rings (SSSR count). The molecule has 0 saturated heterocycles. The molecule has 1 aliphatic rings. The highest BCUT2D eigenvalue weighted by Gasteiger charge is 2.00. The molecule has 1 aliphatic carbocycles. The number of oxime groups is 1. The molecule has 12 heavy (non-hydrogen) atoms. The maximum atomic E-state index is 5.07. The van der Waals surface area contributed by atoms with Gasteiger partial charge >= 0.3 is 0 Å². The van der Waals surface area contributed by atoms with E-state index in [4.69, 9.17) is 4.84 Å². The monoisotopic (exact) mass is 167 g/mol. The van der Waals surface area contributed by atoms with Crippen LogP contribution >= 0.6 is 0 Å². The average molecular weight is 167 g/mol. The fourth-order valence-corrected chi connectivity index (χ4v) is 1.20. The summed E-state index contributed by atoms with van der Waals surface area (Å²) in [6.45, 7) is 3.96. The van der Waals surface area contributed by atoms with Gasteiger partial charge in [-0.3, -0.25) is 0 Å². The van der Waals surface area contributed by atoms with Crippen LogP contribution < -0.4 is 0 Å². The zero-order valence-electron chi connectivity index (χ0n) is 7.92. The first-order valence-corrected chi connectivity index (χ1v) is 4.67. The molecule has 2 nitrogen and oxygen atoms in total. The quantitative estimate of drug-likeness (QED) is 0.468. The van der Waals surface area contributed by atoms with Crippen molar-refractivity contribution in [2.24, 2.45) is 5.16 Å². The number of hydrogen-bond donors (Lipinski definition) is 0. The number of hydrogen-bond acceptors (Lipinski definition) is 2. The van der Waals surface area contributed by atoms with Crippen LogP contribution in [0.2, 0.25) is 0 Å². The summed E-state index contributed by atoms with van der Waals surface area (Å²) in [7, 11) is 0. The Labute approximate surface area is 74.3 Å². The van der Waals surface area contributed by atoms with Gasteiger partial charge in [0, 0.05) is 0 Å². The van der Waals surface area contributed by atoms with E-state index in [1.54, 1.807) is 0 Å². The predicted molar refractivity (Wildman–Crippen MR) is 51.3 cm³/mol. The van der Waals surface area contributed by atoms with Crippen molar-refractivity contribution in [2.75, 3.05) is 0 Å². The van der Waals surface area contributed by atoms with Crippen LogP contribution in [0.25, 0.3) is 0 Å². The van der Waals surface area contributed by atoms with Crippen molar-refractivity contribution >= 4 is 6.21 Å². The highest BCUT2D eigenvalue weighted by molar-refractivity contribution is 5.78. The van der Waals surface area contributed by atoms with Gasteiger partial charge in [0.1, 0.15) is 6.10 Å². The normalized spacial score (nSPS) is 18.4. The van der Waals surface area contributed by atoms with E-state index in [9.17, 15) is 0 Å². The number of rotatable bonds is 3. The van der Waals surface area contributed by atoms with Gasteiger partial charge in [-0.25, -0.2) is 0 Å². The lowest BCUT2D eigenvalue weighted by molar-refractivity contribution is 0.0872. The van der Waals surface area contributed by atoms with Crippen LogP contribution in [0.15, 0.2) is 16.8 Å². The van der Waals surface area contributed by atoms with Crippen molar-refractivity contribution in [3.05, 3.63) is 11.6 Å². The van der Waals surface area contributed by atoms with Crippen LogP contribution in [0.3, 0.4) is 0 Å². The largest absolute Gasteiger partial charge is 0.393 e. The Morgan fingerprint density at radius 3 is 2.92 bits per heavy atom. The molecule has 0 heterocycles. The molecule has 0 saturated carbocycles. The van der Waals surface area contributed by atoms with E-state index in [0.29, 0.717) is 0 Å². The Hall–Kier alpha value is -0.790. The fraction of sp³-hybridized carbons (Fsp3) is 0.700. The van der Waals surface area contributed by atoms with Gasteiger partial charge in [0.2, 0.25) is 0 Å². The molecule has 0 fully saturated rings. The summed E-state index contributed by atoms with van der Waals surface area (Å²) < 4.78 is 0. The van der Waals surface area contributed by atoms with E-state index in [-0.39, 0.29) is 6.10 Å². The van der Waals surface area contributed by atoms with Gasteiger partial charge in [-0.15, -0.1) is 0 Å². The lowest BCUT2D eigenvalue weighted by Crippen LogP contribution is -1.98. The Morgan fingerprint density at radius 2 is 2.33 bits per heavy atom. The highest BCUT2D eigenvalue weighted by atomic mass is 16.6. The molecule has 0 bridgehead atoms. The minimum atomic E-state index is 0.186. The van der Waals surface area contributed by atoms with Crippen molar-refractivity contribution in [1.82, 2.24) is 0 Å². The van der Waals surface area contributed by atoms with Crippen LogP contribution in [0.4, 0.5) is 0 Å². The summed E-state index contributed by atoms with van der Waals surface area (Å²) in [5.41, 5.74) is 1.32. The maximum absolute atomic E-state index is 5.07. The Kier molecular flexibility index (Phi) is 3.85. The molecule has 0 unspecified atom stereocenters. The molecule has 0 N–H and O–H groups in total. The Balaban J connectivity index is 2.29. The second-order valence-corrected chi connectivity index (χ2v) is 3.41. The number of nitrogens with zero attached hydrogens (tertiary/aromatic N) is 1. The van der Waals surface area contributed by atoms with Crippen molar-refractivity contribution in [3.8, 4) is 0 Å².